The number of hydrogen-bond donors (Lipinski definition) is 4. The Hall–Kier alpha value is -4.56. The summed E-state index contributed by atoms with van der Waals surface area (Å²) in [4.78, 5) is 72.2. The first kappa shape index (κ1) is 29.0. The summed E-state index contributed by atoms with van der Waals surface area (Å²) >= 11 is 3.34. The van der Waals surface area contributed by atoms with Gasteiger partial charge in [0.05, 0.1) is 11.7 Å². The molecule has 0 bridgehead atoms. The molecule has 3 aromatic heterocycles. The van der Waals surface area contributed by atoms with Crippen LogP contribution < -0.4 is 31.8 Å². The molecule has 3 aromatic rings. The molecule has 4 amide bonds. The molecular weight excluding hydrogens is 613 g/mol. The summed E-state index contributed by atoms with van der Waals surface area (Å²) < 4.78 is 7.21. The second-order valence-corrected chi connectivity index (χ2v) is 11.5. The lowest BCUT2D eigenvalue weighted by molar-refractivity contribution is -0.695. The summed E-state index contributed by atoms with van der Waals surface area (Å²) in [6.07, 6.45) is 2.18. The van der Waals surface area contributed by atoms with Crippen molar-refractivity contribution in [2.24, 2.45) is 10.9 Å². The number of thioether (sulfide) groups is 1. The Morgan fingerprint density at radius 2 is 2.17 bits per heavy atom. The SMILES string of the molecule is CCO/N=C(\C(=O)N[C@@H]1C(=O)N2C(C(=O)[O-])=C(C[n+]3cc4scc(C(N)=O)n4c3CNC=O)CS[C@H]12)c1nsc(N)n1. The van der Waals surface area contributed by atoms with Gasteiger partial charge < -0.3 is 36.8 Å². The molecule has 220 valence electrons. The highest BCUT2D eigenvalue weighted by Gasteiger charge is 2.53. The second kappa shape index (κ2) is 11.7. The van der Waals surface area contributed by atoms with Crippen LogP contribution in [0.4, 0.5) is 5.13 Å². The number of anilines is 1. The first-order chi connectivity index (χ1) is 20.2. The number of carboxylic acid groups (broad SMARTS) is 1. The lowest BCUT2D eigenvalue weighted by Crippen LogP contribution is -2.71. The minimum absolute atomic E-state index is 0.00832. The van der Waals surface area contributed by atoms with E-state index in [0.717, 1.165) is 16.4 Å². The van der Waals surface area contributed by atoms with Gasteiger partial charge in [-0.3, -0.25) is 24.1 Å². The van der Waals surface area contributed by atoms with Gasteiger partial charge in [0, 0.05) is 28.2 Å². The summed E-state index contributed by atoms with van der Waals surface area (Å²) in [6, 6.07) is -1.07. The molecule has 5 rings (SSSR count). The predicted molar refractivity (Wildman–Crippen MR) is 146 cm³/mol. The Morgan fingerprint density at radius 3 is 2.81 bits per heavy atom. The lowest BCUT2D eigenvalue weighted by atomic mass is 10.0. The molecule has 5 heterocycles. The van der Waals surface area contributed by atoms with Gasteiger partial charge >= 0.3 is 0 Å². The number of β-lactam (4-membered cyclic amide) rings is 1. The number of hydrogen-bond acceptors (Lipinski definition) is 14. The molecule has 0 saturated carbocycles. The number of nitrogens with one attached hydrogen (secondary N) is 2. The number of carboxylic acids is 1. The molecule has 2 aliphatic heterocycles. The van der Waals surface area contributed by atoms with Crippen LogP contribution in [0, 0.1) is 0 Å². The summed E-state index contributed by atoms with van der Waals surface area (Å²) in [5.41, 5.74) is 11.1. The number of primary amides is 1. The van der Waals surface area contributed by atoms with Crippen molar-refractivity contribution in [3.63, 3.8) is 0 Å². The van der Waals surface area contributed by atoms with E-state index in [0.29, 0.717) is 22.6 Å². The molecule has 6 N–H and O–H groups in total. The lowest BCUT2D eigenvalue weighted by Gasteiger charge is -2.50. The number of nitrogens with two attached hydrogens (primary N) is 2. The molecule has 1 fully saturated rings. The smallest absolute Gasteiger partial charge is 0.289 e. The van der Waals surface area contributed by atoms with Crippen LogP contribution in [0.2, 0.25) is 0 Å². The van der Waals surface area contributed by atoms with Crippen molar-refractivity contribution in [1.29, 1.82) is 0 Å². The minimum Gasteiger partial charge on any atom is -0.543 e. The fraction of sp³-hybridized carbons (Fsp3) is 0.318. The molecule has 0 spiro atoms. The Bertz CT molecular complexity index is 1680. The molecule has 2 atom stereocenters. The largest absolute Gasteiger partial charge is 0.543 e. The van der Waals surface area contributed by atoms with E-state index in [1.807, 2.05) is 0 Å². The van der Waals surface area contributed by atoms with Crippen LogP contribution in [0.3, 0.4) is 0 Å². The van der Waals surface area contributed by atoms with E-state index >= 15 is 0 Å². The highest BCUT2D eigenvalue weighted by atomic mass is 32.2. The third-order valence-corrected chi connectivity index (χ3v) is 9.00. The molecule has 0 aliphatic carbocycles. The van der Waals surface area contributed by atoms with Crippen molar-refractivity contribution in [2.45, 2.75) is 31.4 Å². The zero-order chi connectivity index (χ0) is 30.1. The van der Waals surface area contributed by atoms with E-state index in [4.69, 9.17) is 16.3 Å². The summed E-state index contributed by atoms with van der Waals surface area (Å²) in [5.74, 6) is -3.15. The van der Waals surface area contributed by atoms with E-state index in [9.17, 15) is 29.1 Å². The highest BCUT2D eigenvalue weighted by Crippen LogP contribution is 2.40. The Morgan fingerprint density at radius 1 is 1.38 bits per heavy atom. The van der Waals surface area contributed by atoms with E-state index in [1.165, 1.54) is 23.1 Å². The van der Waals surface area contributed by atoms with Crippen LogP contribution in [0.1, 0.15) is 29.1 Å². The van der Waals surface area contributed by atoms with E-state index in [2.05, 4.69) is 25.1 Å². The van der Waals surface area contributed by atoms with E-state index < -0.39 is 35.1 Å². The number of carbonyl (C=O) groups is 5. The van der Waals surface area contributed by atoms with Gasteiger partial charge in [-0.1, -0.05) is 16.5 Å². The topological polar surface area (TPSA) is 243 Å². The number of nitrogen functional groups attached to an aromatic ring is 1. The van der Waals surface area contributed by atoms with Gasteiger partial charge in [0.15, 0.2) is 5.13 Å². The van der Waals surface area contributed by atoms with Crippen LogP contribution in [0.5, 0.6) is 0 Å². The number of rotatable bonds is 12. The third-order valence-electron chi connectivity index (χ3n) is 6.25. The molecule has 0 aromatic carbocycles. The van der Waals surface area contributed by atoms with Crippen LogP contribution in [0.15, 0.2) is 28.0 Å². The standard InChI is InChI=1S/C22H22N10O7S3/c1-2-39-28-13(17-27-22(24)42-29-17)18(35)26-14-19(36)32-15(21(37)38)9(6-41-20(14)32)4-30-5-12-31(11(30)3-25-8-33)10(7-40-12)16(23)34/h5,7-8,14,20H,2-4,6H2,1H3,(H6-,23,24,25,26,27,29,33,34,35,37,38)/b28-13-/t14-,20-/m1/s1. The maximum atomic E-state index is 13.2. The van der Waals surface area contributed by atoms with Crippen LogP contribution in [-0.2, 0) is 37.1 Å². The summed E-state index contributed by atoms with van der Waals surface area (Å²) in [5, 5.41) is 22.1. The number of thiazole rings is 1. The number of oxime groups is 1. The molecule has 42 heavy (non-hydrogen) atoms. The average molecular weight is 635 g/mol. The molecule has 20 heteroatoms. The number of nitrogens with zero attached hydrogens (tertiary/aromatic N) is 6. The van der Waals surface area contributed by atoms with Gasteiger partial charge in [0.2, 0.25) is 28.5 Å². The van der Waals surface area contributed by atoms with E-state index in [1.54, 1.807) is 27.5 Å². The zero-order valence-electron chi connectivity index (χ0n) is 21.6. The molecule has 1 saturated heterocycles. The predicted octanol–water partition coefficient (Wildman–Crippen LogP) is -3.09. The van der Waals surface area contributed by atoms with Gasteiger partial charge in [0.25, 0.3) is 23.5 Å². The first-order valence-corrected chi connectivity index (χ1v) is 14.8. The van der Waals surface area contributed by atoms with E-state index in [-0.39, 0.29) is 53.5 Å². The Labute approximate surface area is 248 Å². The quantitative estimate of drug-likeness (QED) is 0.0511. The fourth-order valence-electron chi connectivity index (χ4n) is 4.50. The number of carbonyl (C=O) groups excluding carboxylic acids is 5. The van der Waals surface area contributed by atoms with Gasteiger partial charge in [-0.15, -0.1) is 11.8 Å². The van der Waals surface area contributed by atoms with Crippen LogP contribution in [0.25, 0.3) is 4.83 Å². The Kier molecular flexibility index (Phi) is 8.09. The first-order valence-electron chi connectivity index (χ1n) is 12.1. The van der Waals surface area contributed by atoms with Crippen molar-refractivity contribution >= 4 is 80.4 Å². The normalized spacial score (nSPS) is 18.5. The number of aliphatic carboxylic acids is 1. The number of amides is 4. The van der Waals surface area contributed by atoms with Gasteiger partial charge in [-0.05, 0) is 6.92 Å². The number of aromatic nitrogens is 4. The molecule has 0 unspecified atom stereocenters. The van der Waals surface area contributed by atoms with Crippen molar-refractivity contribution in [3.8, 4) is 0 Å². The second-order valence-electron chi connectivity index (χ2n) is 8.75. The fourth-order valence-corrected chi connectivity index (χ4v) is 7.22. The number of fused-ring (bicyclic) bond motifs is 2. The van der Waals surface area contributed by atoms with Crippen molar-refractivity contribution in [2.75, 3.05) is 18.1 Å². The zero-order valence-corrected chi connectivity index (χ0v) is 24.1. The maximum Gasteiger partial charge on any atom is 0.289 e. The molecule has 2 aliphatic rings. The van der Waals surface area contributed by atoms with Crippen molar-refractivity contribution < 1.29 is 38.5 Å². The monoisotopic (exact) mass is 634 g/mol. The third kappa shape index (κ3) is 5.14. The van der Waals surface area contributed by atoms with Crippen molar-refractivity contribution in [3.05, 3.63) is 40.2 Å². The highest BCUT2D eigenvalue weighted by molar-refractivity contribution is 8.00. The summed E-state index contributed by atoms with van der Waals surface area (Å²) in [7, 11) is 0. The van der Waals surface area contributed by atoms with Crippen LogP contribution >= 0.6 is 34.6 Å². The average Bonchev–Trinajstić information content (AvgIpc) is 3.66. The van der Waals surface area contributed by atoms with Crippen molar-refractivity contribution in [1.82, 2.24) is 29.3 Å². The minimum atomic E-state index is -1.57. The van der Waals surface area contributed by atoms with Gasteiger partial charge in [-0.25, -0.2) is 4.57 Å². The van der Waals surface area contributed by atoms with Gasteiger partial charge in [-0.2, -0.15) is 13.8 Å². The maximum absolute atomic E-state index is 13.2. The molecular formula is C22H22N10O7S3. The summed E-state index contributed by atoms with van der Waals surface area (Å²) in [6.45, 7) is 1.84. The molecule has 0 radical (unpaired) electrons. The molecule has 17 nitrogen and oxygen atoms in total. The number of imidazole rings is 1. The van der Waals surface area contributed by atoms with Crippen LogP contribution in [-0.4, -0.2) is 78.2 Å². The Balaban J connectivity index is 1.41. The van der Waals surface area contributed by atoms with Gasteiger partial charge in [0.1, 0.15) is 37.3 Å².